The normalized spacial score (nSPS) is 23.5. The Morgan fingerprint density at radius 1 is 1.15 bits per heavy atom. The van der Waals surface area contributed by atoms with E-state index in [-0.39, 0.29) is 11.9 Å². The van der Waals surface area contributed by atoms with E-state index in [0.29, 0.717) is 24.8 Å². The van der Waals surface area contributed by atoms with Gasteiger partial charge in [0.1, 0.15) is 0 Å². The van der Waals surface area contributed by atoms with Crippen molar-refractivity contribution in [2.24, 2.45) is 0 Å². The third kappa shape index (κ3) is 3.39. The quantitative estimate of drug-likeness (QED) is 0.913. The van der Waals surface area contributed by atoms with E-state index >= 15 is 0 Å². The van der Waals surface area contributed by atoms with Gasteiger partial charge in [-0.1, -0.05) is 0 Å². The van der Waals surface area contributed by atoms with Gasteiger partial charge in [0.05, 0.1) is 36.7 Å². The second-order valence-electron chi connectivity index (χ2n) is 7.31. The summed E-state index contributed by atoms with van der Waals surface area (Å²) in [6.45, 7) is 7.53. The van der Waals surface area contributed by atoms with E-state index in [1.165, 1.54) is 12.8 Å². The highest BCUT2D eigenvalue weighted by atomic mass is 16.5. The molecule has 6 heteroatoms. The molecule has 4 rings (SSSR count). The van der Waals surface area contributed by atoms with Gasteiger partial charge in [0.2, 0.25) is 0 Å². The summed E-state index contributed by atoms with van der Waals surface area (Å²) in [5, 5.41) is 7.66. The van der Waals surface area contributed by atoms with Crippen molar-refractivity contribution in [1.29, 1.82) is 0 Å². The Kier molecular flexibility index (Phi) is 4.78. The zero-order chi connectivity index (χ0) is 18.1. The molecule has 2 aromatic rings. The maximum atomic E-state index is 12.7. The highest BCUT2D eigenvalue weighted by Crippen LogP contribution is 2.20. The fraction of sp³-hybridized carbons (Fsp3) is 0.500. The molecule has 6 nitrogen and oxygen atoms in total. The summed E-state index contributed by atoms with van der Waals surface area (Å²) in [7, 11) is 0. The Morgan fingerprint density at radius 3 is 2.54 bits per heavy atom. The molecular weight excluding hydrogens is 328 g/mol. The topological polar surface area (TPSA) is 59.4 Å². The molecule has 0 saturated carbocycles. The number of rotatable bonds is 4. The number of hydrogen-bond donors (Lipinski definition) is 1. The molecule has 1 amide bonds. The summed E-state index contributed by atoms with van der Waals surface area (Å²) in [6, 6.07) is 10.0. The number of benzene rings is 1. The second-order valence-corrected chi connectivity index (χ2v) is 7.31. The Labute approximate surface area is 154 Å². The van der Waals surface area contributed by atoms with E-state index in [9.17, 15) is 4.79 Å². The number of nitrogens with zero attached hydrogens (tertiary/aromatic N) is 3. The summed E-state index contributed by atoms with van der Waals surface area (Å²) in [5.74, 6) is -0.0374. The number of aryl methyl sites for hydroxylation is 2. The molecule has 26 heavy (non-hydrogen) atoms. The molecule has 0 aliphatic carbocycles. The lowest BCUT2D eigenvalue weighted by Crippen LogP contribution is -2.50. The van der Waals surface area contributed by atoms with E-state index in [1.54, 1.807) is 0 Å². The highest BCUT2D eigenvalue weighted by molar-refractivity contribution is 5.94. The van der Waals surface area contributed by atoms with Crippen LogP contribution >= 0.6 is 0 Å². The van der Waals surface area contributed by atoms with Crippen LogP contribution in [0.1, 0.15) is 34.6 Å². The van der Waals surface area contributed by atoms with Gasteiger partial charge in [0.25, 0.3) is 5.91 Å². The van der Waals surface area contributed by atoms with E-state index in [0.717, 1.165) is 30.2 Å². The molecule has 0 radical (unpaired) electrons. The molecule has 2 fully saturated rings. The number of hydrogen-bond acceptors (Lipinski definition) is 4. The first-order chi connectivity index (χ1) is 12.6. The van der Waals surface area contributed by atoms with Gasteiger partial charge in [0.15, 0.2) is 0 Å². The smallest absolute Gasteiger partial charge is 0.251 e. The van der Waals surface area contributed by atoms with Crippen molar-refractivity contribution in [1.82, 2.24) is 20.0 Å². The van der Waals surface area contributed by atoms with Gasteiger partial charge in [-0.05, 0) is 70.1 Å². The fourth-order valence-electron chi connectivity index (χ4n) is 4.01. The Balaban J connectivity index is 1.44. The third-order valence-corrected chi connectivity index (χ3v) is 5.36. The molecule has 1 aromatic heterocycles. The number of carbonyl (C=O) groups excluding carboxylic acids is 1. The van der Waals surface area contributed by atoms with Crippen LogP contribution in [-0.2, 0) is 4.74 Å². The minimum Gasteiger partial charge on any atom is -0.378 e. The van der Waals surface area contributed by atoms with Crippen molar-refractivity contribution >= 4 is 5.91 Å². The van der Waals surface area contributed by atoms with Crippen LogP contribution in [0.5, 0.6) is 0 Å². The molecule has 2 saturated heterocycles. The molecule has 0 unspecified atom stereocenters. The summed E-state index contributed by atoms with van der Waals surface area (Å²) < 4.78 is 7.54. The van der Waals surface area contributed by atoms with Crippen LogP contribution in [0.2, 0.25) is 0 Å². The van der Waals surface area contributed by atoms with Crippen LogP contribution in [0.3, 0.4) is 0 Å². The molecule has 0 bridgehead atoms. The third-order valence-electron chi connectivity index (χ3n) is 5.36. The Bertz CT molecular complexity index is 778. The number of amides is 1. The molecule has 3 heterocycles. The molecule has 1 aromatic carbocycles. The van der Waals surface area contributed by atoms with Crippen LogP contribution < -0.4 is 5.32 Å². The number of aromatic nitrogens is 2. The zero-order valence-electron chi connectivity index (χ0n) is 15.4. The SMILES string of the molecule is Cc1cc(C)n(-c2ccc(C(=O)N[C@@H]3COC[C@H]3N3CCCC3)cc2)n1. The van der Waals surface area contributed by atoms with Gasteiger partial charge in [-0.15, -0.1) is 0 Å². The molecular formula is C20H26N4O2. The minimum atomic E-state index is -0.0374. The Hall–Kier alpha value is -2.18. The highest BCUT2D eigenvalue weighted by Gasteiger charge is 2.35. The lowest BCUT2D eigenvalue weighted by atomic mass is 10.1. The molecule has 2 aliphatic rings. The van der Waals surface area contributed by atoms with Crippen LogP contribution in [0.15, 0.2) is 30.3 Å². The predicted octanol–water partition coefficient (Wildman–Crippen LogP) is 2.08. The maximum Gasteiger partial charge on any atom is 0.251 e. The molecule has 2 aliphatic heterocycles. The van der Waals surface area contributed by atoms with Crippen molar-refractivity contribution < 1.29 is 9.53 Å². The van der Waals surface area contributed by atoms with E-state index in [1.807, 2.05) is 48.9 Å². The van der Waals surface area contributed by atoms with Gasteiger partial charge >= 0.3 is 0 Å². The van der Waals surface area contributed by atoms with Crippen molar-refractivity contribution in [3.05, 3.63) is 47.3 Å². The van der Waals surface area contributed by atoms with Gasteiger partial charge in [-0.3, -0.25) is 9.69 Å². The lowest BCUT2D eigenvalue weighted by Gasteiger charge is -2.27. The van der Waals surface area contributed by atoms with E-state index in [2.05, 4.69) is 15.3 Å². The molecule has 1 N–H and O–H groups in total. The number of likely N-dealkylation sites (tertiary alicyclic amines) is 1. The summed E-state index contributed by atoms with van der Waals surface area (Å²) in [4.78, 5) is 15.1. The summed E-state index contributed by atoms with van der Waals surface area (Å²) in [5.41, 5.74) is 3.70. The predicted molar refractivity (Wildman–Crippen MR) is 99.7 cm³/mol. The van der Waals surface area contributed by atoms with Gasteiger partial charge in [-0.2, -0.15) is 5.10 Å². The second kappa shape index (κ2) is 7.21. The largest absolute Gasteiger partial charge is 0.378 e. The van der Waals surface area contributed by atoms with Gasteiger partial charge in [-0.25, -0.2) is 4.68 Å². The van der Waals surface area contributed by atoms with Crippen LogP contribution in [0.25, 0.3) is 5.69 Å². The van der Waals surface area contributed by atoms with Crippen molar-refractivity contribution in [3.63, 3.8) is 0 Å². The van der Waals surface area contributed by atoms with Gasteiger partial charge in [0, 0.05) is 11.3 Å². The van der Waals surface area contributed by atoms with Crippen molar-refractivity contribution in [2.75, 3.05) is 26.3 Å². The van der Waals surface area contributed by atoms with Gasteiger partial charge < -0.3 is 10.1 Å². The van der Waals surface area contributed by atoms with E-state index < -0.39 is 0 Å². The standard InChI is InChI=1S/C20H26N4O2/c1-14-11-15(2)24(22-14)17-7-5-16(6-8-17)20(25)21-18-12-26-13-19(18)23-9-3-4-10-23/h5-8,11,18-19H,3-4,9-10,12-13H2,1-2H3,(H,21,25)/t18-,19-/m1/s1. The Morgan fingerprint density at radius 2 is 1.88 bits per heavy atom. The average molecular weight is 354 g/mol. The monoisotopic (exact) mass is 354 g/mol. The van der Waals surface area contributed by atoms with Crippen LogP contribution in [0, 0.1) is 13.8 Å². The lowest BCUT2D eigenvalue weighted by molar-refractivity contribution is 0.0916. The van der Waals surface area contributed by atoms with Crippen LogP contribution in [-0.4, -0.2) is 59.0 Å². The summed E-state index contributed by atoms with van der Waals surface area (Å²) >= 11 is 0. The minimum absolute atomic E-state index is 0.0374. The maximum absolute atomic E-state index is 12.7. The van der Waals surface area contributed by atoms with E-state index in [4.69, 9.17) is 4.74 Å². The van der Waals surface area contributed by atoms with Crippen molar-refractivity contribution in [2.45, 2.75) is 38.8 Å². The number of ether oxygens (including phenoxy) is 1. The van der Waals surface area contributed by atoms with Crippen LogP contribution in [0.4, 0.5) is 0 Å². The summed E-state index contributed by atoms with van der Waals surface area (Å²) in [6.07, 6.45) is 2.48. The number of carbonyl (C=O) groups is 1. The molecule has 138 valence electrons. The fourth-order valence-corrected chi connectivity index (χ4v) is 4.01. The van der Waals surface area contributed by atoms with Crippen molar-refractivity contribution in [3.8, 4) is 5.69 Å². The average Bonchev–Trinajstić information content (AvgIpc) is 3.36. The first-order valence-electron chi connectivity index (χ1n) is 9.38. The molecule has 0 spiro atoms. The molecule has 2 atom stereocenters. The number of nitrogens with one attached hydrogen (secondary N) is 1. The first-order valence-corrected chi connectivity index (χ1v) is 9.38. The first kappa shape index (κ1) is 17.2. The zero-order valence-corrected chi connectivity index (χ0v) is 15.4.